The summed E-state index contributed by atoms with van der Waals surface area (Å²) in [6.07, 6.45) is 0.874. The molecule has 2 aliphatic rings. The molecule has 0 unspecified atom stereocenters. The van der Waals surface area contributed by atoms with Crippen molar-refractivity contribution in [2.45, 2.75) is 4.90 Å². The number of amides is 2. The van der Waals surface area contributed by atoms with E-state index in [4.69, 9.17) is 12.2 Å². The van der Waals surface area contributed by atoms with Gasteiger partial charge in [-0.05, 0) is 12.1 Å². The Kier molecular flexibility index (Phi) is 4.84. The van der Waals surface area contributed by atoms with Gasteiger partial charge in [-0.1, -0.05) is 47.9 Å². The van der Waals surface area contributed by atoms with E-state index in [-0.39, 0.29) is 4.32 Å². The van der Waals surface area contributed by atoms with Crippen molar-refractivity contribution in [1.82, 2.24) is 9.62 Å². The number of thiocarbonyl (C=S) groups is 1. The third kappa shape index (κ3) is 3.68. The maximum Gasteiger partial charge on any atom is 0.269 e. The minimum absolute atomic E-state index is 0.223. The average Bonchev–Trinajstić information content (AvgIpc) is 2.98. The lowest BCUT2D eigenvalue weighted by molar-refractivity contribution is -0.127. The van der Waals surface area contributed by atoms with Gasteiger partial charge in [-0.25, -0.2) is 8.42 Å². The van der Waals surface area contributed by atoms with Crippen molar-refractivity contribution in [3.63, 3.8) is 0 Å². The molecule has 1 aromatic rings. The Morgan fingerprint density at radius 2 is 1.96 bits per heavy atom. The number of thioether (sulfide) groups is 2. The van der Waals surface area contributed by atoms with Crippen LogP contribution >= 0.6 is 35.7 Å². The summed E-state index contributed by atoms with van der Waals surface area (Å²) in [4.78, 5) is 29.0. The number of carbonyl (C=O) groups is 2. The van der Waals surface area contributed by atoms with Crippen LogP contribution in [0.5, 0.6) is 0 Å². The predicted molar refractivity (Wildman–Crippen MR) is 103 cm³/mol. The van der Waals surface area contributed by atoms with Crippen molar-refractivity contribution in [1.29, 1.82) is 0 Å². The molecule has 2 heterocycles. The highest BCUT2D eigenvalue weighted by Crippen LogP contribution is 2.49. The van der Waals surface area contributed by atoms with E-state index in [2.05, 4.69) is 0 Å². The van der Waals surface area contributed by atoms with Gasteiger partial charge in [0.05, 0.1) is 17.0 Å². The minimum Gasteiger partial charge on any atom is -0.337 e. The second kappa shape index (κ2) is 6.63. The van der Waals surface area contributed by atoms with E-state index in [1.54, 1.807) is 0 Å². The first kappa shape index (κ1) is 18.2. The lowest BCUT2D eigenvalue weighted by Crippen LogP contribution is -2.41. The summed E-state index contributed by atoms with van der Waals surface area (Å²) in [6, 6.07) is 7.75. The Hall–Kier alpha value is -1.56. The highest BCUT2D eigenvalue weighted by molar-refractivity contribution is 8.27. The average molecular weight is 416 g/mol. The topological polar surface area (TPSA) is 86.8 Å². The molecule has 132 valence electrons. The number of carbonyl (C=O) groups excluding carboxylic acids is 2. The number of hydrogen-bond donors (Lipinski definition) is 1. The lowest BCUT2D eigenvalue weighted by Gasteiger charge is -2.15. The molecule has 7 nitrogen and oxygen atoms in total. The molecular weight excluding hydrogens is 402 g/mol. The molecule has 1 saturated heterocycles. The Morgan fingerprint density at radius 1 is 1.28 bits per heavy atom. The molecule has 25 heavy (non-hydrogen) atoms. The highest BCUT2D eigenvalue weighted by atomic mass is 32.2. The van der Waals surface area contributed by atoms with Crippen LogP contribution in [0, 0.1) is 0 Å². The van der Waals surface area contributed by atoms with Gasteiger partial charge in [-0.15, -0.1) is 0 Å². The van der Waals surface area contributed by atoms with Crippen LogP contribution in [0.1, 0.15) is 0 Å². The van der Waals surface area contributed by atoms with Gasteiger partial charge in [0.1, 0.15) is 15.8 Å². The van der Waals surface area contributed by atoms with E-state index in [9.17, 15) is 18.0 Å². The summed E-state index contributed by atoms with van der Waals surface area (Å²) in [5.41, 5.74) is 0.989. The Morgan fingerprint density at radius 3 is 2.60 bits per heavy atom. The summed E-state index contributed by atoms with van der Waals surface area (Å²) in [7, 11) is -1.83. The quantitative estimate of drug-likeness (QED) is 0.585. The highest BCUT2D eigenvalue weighted by Gasteiger charge is 2.39. The normalized spacial score (nSPS) is 20.2. The first-order valence-corrected chi connectivity index (χ1v) is 10.9. The molecule has 0 aromatic heterocycles. The van der Waals surface area contributed by atoms with Crippen LogP contribution in [0.15, 0.2) is 39.1 Å². The van der Waals surface area contributed by atoms with Crippen LogP contribution < -0.4 is 9.62 Å². The van der Waals surface area contributed by atoms with Gasteiger partial charge in [-0.3, -0.25) is 19.2 Å². The van der Waals surface area contributed by atoms with Crippen molar-refractivity contribution >= 4 is 67.6 Å². The molecule has 2 aliphatic heterocycles. The minimum atomic E-state index is -3.69. The maximum atomic E-state index is 12.7. The summed E-state index contributed by atoms with van der Waals surface area (Å²) >= 11 is 7.76. The Labute approximate surface area is 158 Å². The lowest BCUT2D eigenvalue weighted by atomic mass is 10.3. The van der Waals surface area contributed by atoms with E-state index < -0.39 is 28.4 Å². The van der Waals surface area contributed by atoms with E-state index in [0.717, 1.165) is 38.5 Å². The Balaban J connectivity index is 1.84. The maximum absolute atomic E-state index is 12.7. The number of sulfonamides is 1. The molecule has 0 spiro atoms. The van der Waals surface area contributed by atoms with Crippen molar-refractivity contribution in [3.05, 3.63) is 34.2 Å². The molecule has 1 fully saturated rings. The van der Waals surface area contributed by atoms with E-state index in [1.165, 1.54) is 11.8 Å². The van der Waals surface area contributed by atoms with Gasteiger partial charge in [0, 0.05) is 11.9 Å². The largest absolute Gasteiger partial charge is 0.337 e. The molecule has 1 aromatic carbocycles. The van der Waals surface area contributed by atoms with Crippen molar-refractivity contribution in [2.75, 3.05) is 24.7 Å². The third-order valence-corrected chi connectivity index (χ3v) is 6.78. The fourth-order valence-corrected chi connectivity index (χ4v) is 5.41. The first-order chi connectivity index (χ1) is 11.7. The van der Waals surface area contributed by atoms with E-state index in [0.29, 0.717) is 4.91 Å². The monoisotopic (exact) mass is 415 g/mol. The zero-order valence-electron chi connectivity index (χ0n) is 13.2. The number of rotatable bonds is 3. The summed E-state index contributed by atoms with van der Waals surface area (Å²) < 4.78 is 24.3. The summed E-state index contributed by atoms with van der Waals surface area (Å²) in [6.45, 7) is -0.435. The second-order valence-electron chi connectivity index (χ2n) is 5.32. The number of para-hydroxylation sites is 1. The molecule has 0 radical (unpaired) electrons. The molecule has 11 heteroatoms. The molecule has 0 aliphatic carbocycles. The van der Waals surface area contributed by atoms with Crippen LogP contribution in [-0.2, 0) is 19.6 Å². The number of fused-ring (bicyclic) bond motifs is 1. The van der Waals surface area contributed by atoms with Gasteiger partial charge in [0.25, 0.3) is 11.8 Å². The molecule has 0 bridgehead atoms. The molecule has 2 amide bonds. The van der Waals surface area contributed by atoms with Crippen LogP contribution in [0.3, 0.4) is 0 Å². The smallest absolute Gasteiger partial charge is 0.269 e. The van der Waals surface area contributed by atoms with Gasteiger partial charge in [0.15, 0.2) is 0 Å². The molecule has 0 atom stereocenters. The van der Waals surface area contributed by atoms with E-state index in [1.807, 2.05) is 40.9 Å². The first-order valence-electron chi connectivity index (χ1n) is 6.96. The van der Waals surface area contributed by atoms with Crippen LogP contribution in [0.2, 0.25) is 0 Å². The predicted octanol–water partition coefficient (Wildman–Crippen LogP) is 1.33. The fraction of sp³-hybridized carbons (Fsp3) is 0.214. The zero-order valence-corrected chi connectivity index (χ0v) is 16.4. The molecule has 0 saturated carbocycles. The SMILES string of the molecule is CN1/C(=C2\SC(=S)N(CC(=O)NS(C)(=O)=O)C2=O)Sc2ccccc21. The molecule has 1 N–H and O–H groups in total. The third-order valence-electron chi connectivity index (χ3n) is 3.38. The zero-order chi connectivity index (χ0) is 18.4. The van der Waals surface area contributed by atoms with Crippen LogP contribution in [0.4, 0.5) is 5.69 Å². The summed E-state index contributed by atoms with van der Waals surface area (Å²) in [5.74, 6) is -1.21. The number of anilines is 1. The Bertz CT molecular complexity index is 926. The standard InChI is InChI=1S/C14H13N3O4S4/c1-16-8-5-3-4-6-9(8)23-13(16)11-12(19)17(14(22)24-11)7-10(18)15-25(2,20)21/h3-6H,7H2,1-2H3,(H,15,18)/b13-11+. The van der Waals surface area contributed by atoms with E-state index >= 15 is 0 Å². The van der Waals surface area contributed by atoms with Gasteiger partial charge in [-0.2, -0.15) is 0 Å². The van der Waals surface area contributed by atoms with Gasteiger partial charge >= 0.3 is 0 Å². The fourth-order valence-electron chi connectivity index (χ4n) is 2.35. The van der Waals surface area contributed by atoms with Crippen LogP contribution in [-0.4, -0.2) is 49.3 Å². The summed E-state index contributed by atoms with van der Waals surface area (Å²) in [5, 5.41) is 0.740. The van der Waals surface area contributed by atoms with Crippen molar-refractivity contribution < 1.29 is 18.0 Å². The molecule has 3 rings (SSSR count). The van der Waals surface area contributed by atoms with Crippen molar-refractivity contribution in [3.8, 4) is 0 Å². The van der Waals surface area contributed by atoms with Gasteiger partial charge < -0.3 is 4.90 Å². The van der Waals surface area contributed by atoms with Gasteiger partial charge in [0.2, 0.25) is 10.0 Å². The van der Waals surface area contributed by atoms with Crippen LogP contribution in [0.25, 0.3) is 0 Å². The second-order valence-corrected chi connectivity index (χ2v) is 9.74. The number of hydrogen-bond acceptors (Lipinski definition) is 8. The number of nitrogens with one attached hydrogen (secondary N) is 1. The van der Waals surface area contributed by atoms with Crippen molar-refractivity contribution in [2.24, 2.45) is 0 Å². The number of benzene rings is 1. The number of nitrogens with zero attached hydrogens (tertiary/aromatic N) is 2. The molecular formula is C14H13N3O4S4.